The molecule has 0 aliphatic heterocycles. The van der Waals surface area contributed by atoms with E-state index >= 15 is 0 Å². The molecule has 0 spiro atoms. The van der Waals surface area contributed by atoms with Crippen LogP contribution in [0.1, 0.15) is 232 Å². The Morgan fingerprint density at radius 1 is 0.291 bits per heavy atom. The number of hydrogen-bond acceptors (Lipinski definition) is 4. The van der Waals surface area contributed by atoms with Gasteiger partial charge < -0.3 is 18.3 Å². The summed E-state index contributed by atoms with van der Waals surface area (Å²) in [7, 11) is 0. The van der Waals surface area contributed by atoms with Crippen LogP contribution < -0.4 is 0 Å². The Hall–Kier alpha value is -9.92. The molecule has 16 aromatic rings. The average Bonchev–Trinajstić information content (AvgIpc) is 1.75. The maximum atomic E-state index is 4.85. The van der Waals surface area contributed by atoms with E-state index in [0.29, 0.717) is 35.5 Å². The Morgan fingerprint density at radius 3 is 0.835 bits per heavy atom. The molecular weight excluding hydrogens is 2260 g/mol. The second-order valence-electron chi connectivity index (χ2n) is 34.2. The Bertz CT molecular complexity index is 5940. The van der Waals surface area contributed by atoms with Gasteiger partial charge in [-0.25, -0.2) is 0 Å². The largest absolute Gasteiger partial charge is 0.340 e. The van der Waals surface area contributed by atoms with E-state index in [1.165, 1.54) is 187 Å². The van der Waals surface area contributed by atoms with E-state index < -0.39 is 0 Å². The van der Waals surface area contributed by atoms with E-state index in [9.17, 15) is 0 Å². The van der Waals surface area contributed by atoms with E-state index in [1.54, 1.807) is 0 Å². The fourth-order valence-corrected chi connectivity index (χ4v) is 18.3. The molecule has 18 rings (SSSR count). The first kappa shape index (κ1) is 99.2. The van der Waals surface area contributed by atoms with Crippen molar-refractivity contribution in [2.75, 3.05) is 0 Å². The van der Waals surface area contributed by atoms with E-state index in [2.05, 4.69) is 348 Å². The van der Waals surface area contributed by atoms with Gasteiger partial charge in [0.25, 0.3) is 0 Å². The van der Waals surface area contributed by atoms with Gasteiger partial charge in [-0.1, -0.05) is 236 Å². The first-order valence-electron chi connectivity index (χ1n) is 44.6. The van der Waals surface area contributed by atoms with Crippen molar-refractivity contribution in [2.45, 2.75) is 203 Å². The van der Waals surface area contributed by atoms with Gasteiger partial charge in [0.05, 0.1) is 23.3 Å². The molecule has 0 saturated heterocycles. The first-order chi connectivity index (χ1) is 59.6. The van der Waals surface area contributed by atoms with Crippen molar-refractivity contribution in [1.29, 1.82) is 0 Å². The predicted octanol–water partition coefficient (Wildman–Crippen LogP) is 31.0. The maximum Gasteiger partial charge on any atom is 0.0602 e. The summed E-state index contributed by atoms with van der Waals surface area (Å²) in [6.07, 6.45) is 31.2. The molecule has 2 saturated carbocycles. The zero-order valence-electron chi connectivity index (χ0n) is 74.7. The van der Waals surface area contributed by atoms with Crippen molar-refractivity contribution in [3.63, 3.8) is 0 Å². The summed E-state index contributed by atoms with van der Waals surface area (Å²) in [6.45, 7) is 27.0. The topological polar surface area (TPSA) is 71.3 Å². The Morgan fingerprint density at radius 2 is 0.551 bits per heavy atom. The molecule has 0 N–H and O–H groups in total. The molecule has 0 unspecified atom stereocenters. The van der Waals surface area contributed by atoms with Gasteiger partial charge in [0.2, 0.25) is 0 Å². The minimum absolute atomic E-state index is 0. The van der Waals surface area contributed by atoms with Gasteiger partial charge in [-0.2, -0.15) is 0 Å². The van der Waals surface area contributed by atoms with Crippen LogP contribution in [0.15, 0.2) is 304 Å². The van der Waals surface area contributed by atoms with Crippen LogP contribution in [0.3, 0.4) is 0 Å². The van der Waals surface area contributed by atoms with Crippen molar-refractivity contribution in [3.8, 4) is 113 Å². The SMILES string of the molecule is C.CC(C)c1cc(-c2ccccc2)cc(C(C)C)c1-n1ccnc1-c1[c-]cccc1.CCc1cc(-c2ccccc2)cc(CC)c1-n1ccnc1-c1[c-]cccc1.Cc1cc(C)cc(-c2cc(C(C)C)c(-n3ccnc3-c3[c-]cccc3)c(C(C)C)c2)c1.[Ir].[Ir].[Ir].[Ir].[c-]1ccccc1-c1nccn1-c1c(C2CCCCC2)cc(-c2ccccc2)cc1C1CCCCC1. The van der Waals surface area contributed by atoms with Gasteiger partial charge in [0.1, 0.15) is 0 Å². The molecule has 2 aliphatic rings. The van der Waals surface area contributed by atoms with Crippen LogP contribution in [0, 0.1) is 38.1 Å². The number of nitrogens with zero attached hydrogens (tertiary/aromatic N) is 8. The molecule has 4 radical (unpaired) electrons. The summed E-state index contributed by atoms with van der Waals surface area (Å²) in [5.74, 6) is 6.58. The van der Waals surface area contributed by atoms with Crippen molar-refractivity contribution in [3.05, 3.63) is 384 Å². The summed E-state index contributed by atoms with van der Waals surface area (Å²) in [5.41, 5.74) is 33.3. The summed E-state index contributed by atoms with van der Waals surface area (Å²) >= 11 is 0. The smallest absolute Gasteiger partial charge is 0.0602 e. The summed E-state index contributed by atoms with van der Waals surface area (Å²) < 4.78 is 9.11. The van der Waals surface area contributed by atoms with Gasteiger partial charge in [-0.3, -0.25) is 19.9 Å². The van der Waals surface area contributed by atoms with Crippen LogP contribution in [0.5, 0.6) is 0 Å². The molecule has 0 bridgehead atoms. The molecular formula is C115H120Ir4N8-4. The molecule has 127 heavy (non-hydrogen) atoms. The van der Waals surface area contributed by atoms with Crippen LogP contribution in [-0.2, 0) is 93.3 Å². The fourth-order valence-electron chi connectivity index (χ4n) is 18.3. The Labute approximate surface area is 811 Å². The van der Waals surface area contributed by atoms with Crippen LogP contribution in [0.25, 0.3) is 113 Å². The molecule has 2 aliphatic carbocycles. The molecule has 4 aromatic heterocycles. The zero-order valence-corrected chi connectivity index (χ0v) is 84.3. The van der Waals surface area contributed by atoms with Gasteiger partial charge in [0.15, 0.2) is 0 Å². The standard InChI is InChI=1S/C33H35N2.C29H31N2.C27H27N2.C25H23N2.CH4.4Ir/c1-5-13-25(14-6-1)29-23-30(26-15-7-2-8-16-26)32(31(24-29)27-17-9-3-10-18-27)35-22-21-34-33(35)28-19-11-4-12-20-28;1-19(2)26-17-25(24-15-21(5)14-22(6)16-24)18-27(20(3)4)28(26)31-13-12-30-29(31)23-10-8-7-9-11-23;1-19(2)24-17-23(21-11-7-5-8-12-21)18-25(20(3)4)26(24)29-16-15-28-27(29)22-13-9-6-10-14-22;1-3-19-17-23(21-11-7-5-8-12-21)18-20(4-2)24(19)27-16-15-26-25(27)22-13-9-6-10-14-22;;;;;/h1,4-6,11-14,19,21-24,26-27H,2-3,7-10,15-18H2;7-10,12-20H,1-6H3;5-13,15-20H,1-4H3;5-13,15-18H,3-4H2,1-2H3;1H4;;;;/q4*-1;;;;;. The minimum Gasteiger partial charge on any atom is -0.340 e. The third kappa shape index (κ3) is 23.4. The monoisotopic (exact) mass is 2380 g/mol. The molecule has 12 aromatic carbocycles. The number of aromatic nitrogens is 8. The number of benzene rings is 12. The van der Waals surface area contributed by atoms with E-state index in [1.807, 2.05) is 91.5 Å². The van der Waals surface area contributed by atoms with Crippen molar-refractivity contribution in [2.24, 2.45) is 0 Å². The number of hydrogen-bond donors (Lipinski definition) is 0. The molecule has 660 valence electrons. The van der Waals surface area contributed by atoms with Crippen molar-refractivity contribution in [1.82, 2.24) is 38.2 Å². The molecule has 0 atom stereocenters. The normalized spacial score (nSPS) is 12.5. The third-order valence-corrected chi connectivity index (χ3v) is 24.3. The first-order valence-corrected chi connectivity index (χ1v) is 44.6. The van der Waals surface area contributed by atoms with Gasteiger partial charge >= 0.3 is 0 Å². The second kappa shape index (κ2) is 47.4. The van der Waals surface area contributed by atoms with E-state index in [4.69, 9.17) is 9.97 Å². The average molecular weight is 2380 g/mol. The number of rotatable bonds is 20. The summed E-state index contributed by atoms with van der Waals surface area (Å²) in [5, 5.41) is 0. The molecule has 2 fully saturated rings. The van der Waals surface area contributed by atoms with Crippen LogP contribution in [0.2, 0.25) is 0 Å². The minimum atomic E-state index is 0. The van der Waals surface area contributed by atoms with Gasteiger partial charge in [0, 0.05) is 153 Å². The zero-order chi connectivity index (χ0) is 84.6. The molecule has 8 nitrogen and oxygen atoms in total. The third-order valence-electron chi connectivity index (χ3n) is 24.3. The number of imidazole rings is 4. The Balaban J connectivity index is 0.000000175. The molecule has 12 heteroatoms. The van der Waals surface area contributed by atoms with Crippen LogP contribution in [0.4, 0.5) is 0 Å². The molecule has 0 amide bonds. The Kier molecular flexibility index (Phi) is 37.0. The van der Waals surface area contributed by atoms with Crippen LogP contribution in [-0.4, -0.2) is 38.2 Å². The van der Waals surface area contributed by atoms with E-state index in [-0.39, 0.29) is 87.8 Å². The van der Waals surface area contributed by atoms with Gasteiger partial charge in [-0.15, -0.1) is 144 Å². The van der Waals surface area contributed by atoms with Crippen molar-refractivity contribution >= 4 is 0 Å². The van der Waals surface area contributed by atoms with Gasteiger partial charge in [-0.05, 0) is 225 Å². The van der Waals surface area contributed by atoms with E-state index in [0.717, 1.165) is 58.4 Å². The fraction of sp³-hybridized carbons (Fsp3) is 0.270. The maximum absolute atomic E-state index is 4.85. The predicted molar refractivity (Wildman–Crippen MR) is 516 cm³/mol. The van der Waals surface area contributed by atoms with Crippen molar-refractivity contribution < 1.29 is 80.4 Å². The second-order valence-corrected chi connectivity index (χ2v) is 34.2. The van der Waals surface area contributed by atoms with Crippen LogP contribution >= 0.6 is 0 Å². The molecule has 4 heterocycles. The quantitative estimate of drug-likeness (QED) is 0.0713. The summed E-state index contributed by atoms with van der Waals surface area (Å²) in [4.78, 5) is 18.8. The summed E-state index contributed by atoms with van der Waals surface area (Å²) in [6, 6.07) is 104. The number of aryl methyl sites for hydroxylation is 4.